The standard InChI is InChI=1S/C10H22NSi.2C2H6N.CH3.Hf/c1-9-6-5-7-10(9)8-12(3,4)11-2;2*1-3-2;;/h9-10H,5-8H2,1-4H3;2*1-2H3;1H3;/q4*-1;+4/t9-,10?;;;;/m0..../s1. The maximum Gasteiger partial charge on any atom is 4.00 e. The molecule has 1 fully saturated rings. The molecule has 0 radical (unpaired) electrons. The Morgan fingerprint density at radius 3 is 1.60 bits per heavy atom. The minimum absolute atomic E-state index is 0. The molecule has 120 valence electrons. The summed E-state index contributed by atoms with van der Waals surface area (Å²) in [6.07, 6.45) is 4.38. The zero-order valence-corrected chi connectivity index (χ0v) is 19.9. The Morgan fingerprint density at radius 2 is 1.35 bits per heavy atom. The van der Waals surface area contributed by atoms with Crippen LogP contribution in [0, 0.1) is 19.3 Å². The molecule has 0 aromatic rings. The van der Waals surface area contributed by atoms with Crippen LogP contribution >= 0.6 is 0 Å². The van der Waals surface area contributed by atoms with Crippen LogP contribution in [0.2, 0.25) is 19.1 Å². The predicted octanol–water partition coefficient (Wildman–Crippen LogP) is 5.32. The predicted molar refractivity (Wildman–Crippen MR) is 94.9 cm³/mol. The Hall–Kier alpha value is 0.967. The number of hydrogen-bond donors (Lipinski definition) is 0. The summed E-state index contributed by atoms with van der Waals surface area (Å²) in [5.41, 5.74) is 0. The van der Waals surface area contributed by atoms with E-state index in [2.05, 4.69) is 35.6 Å². The third kappa shape index (κ3) is 17.0. The largest absolute Gasteiger partial charge is 4.00 e. The molecular formula is C15H37HfN3Si. The average molecular weight is 466 g/mol. The maximum atomic E-state index is 4.56. The second-order valence-corrected chi connectivity index (χ2v) is 10.3. The fourth-order valence-electron chi connectivity index (χ4n) is 2.26. The minimum Gasteiger partial charge on any atom is -0.668 e. The summed E-state index contributed by atoms with van der Waals surface area (Å²) in [5.74, 6) is 1.97. The van der Waals surface area contributed by atoms with E-state index in [4.69, 9.17) is 0 Å². The zero-order valence-electron chi connectivity index (χ0n) is 15.3. The Labute approximate surface area is 149 Å². The molecular weight excluding hydrogens is 429 g/mol. The van der Waals surface area contributed by atoms with Crippen molar-refractivity contribution in [3.05, 3.63) is 23.0 Å². The van der Waals surface area contributed by atoms with Crippen LogP contribution in [0.15, 0.2) is 0 Å². The van der Waals surface area contributed by atoms with Gasteiger partial charge in [-0.2, -0.15) is 35.2 Å². The second-order valence-electron chi connectivity index (χ2n) is 5.80. The summed E-state index contributed by atoms with van der Waals surface area (Å²) in [5, 5.41) is 7.00. The quantitative estimate of drug-likeness (QED) is 0.400. The molecule has 0 bridgehead atoms. The Morgan fingerprint density at radius 1 is 0.950 bits per heavy atom. The van der Waals surface area contributed by atoms with Gasteiger partial charge in [0.05, 0.1) is 0 Å². The van der Waals surface area contributed by atoms with Crippen LogP contribution in [0.5, 0.6) is 0 Å². The molecule has 2 atom stereocenters. The van der Waals surface area contributed by atoms with Crippen LogP contribution in [-0.2, 0) is 25.8 Å². The first-order valence-corrected chi connectivity index (χ1v) is 10.1. The first-order valence-electron chi connectivity index (χ1n) is 6.95. The van der Waals surface area contributed by atoms with Crippen molar-refractivity contribution in [1.29, 1.82) is 0 Å². The van der Waals surface area contributed by atoms with Crippen molar-refractivity contribution in [1.82, 2.24) is 0 Å². The Kier molecular flexibility index (Phi) is 26.2. The zero-order chi connectivity index (χ0) is 14.6. The smallest absolute Gasteiger partial charge is 0.668 e. The molecule has 0 aliphatic heterocycles. The molecule has 0 N–H and O–H groups in total. The summed E-state index contributed by atoms with van der Waals surface area (Å²) in [4.78, 5) is 4.56. The molecule has 20 heavy (non-hydrogen) atoms. The summed E-state index contributed by atoms with van der Waals surface area (Å²) in [6, 6.07) is 1.42. The van der Waals surface area contributed by atoms with Crippen molar-refractivity contribution in [3.63, 3.8) is 0 Å². The third-order valence-corrected chi connectivity index (χ3v) is 6.14. The van der Waals surface area contributed by atoms with E-state index < -0.39 is 8.24 Å². The Bertz CT molecular complexity index is 179. The van der Waals surface area contributed by atoms with E-state index in [9.17, 15) is 0 Å². The third-order valence-electron chi connectivity index (χ3n) is 3.41. The van der Waals surface area contributed by atoms with Gasteiger partial charge < -0.3 is 23.0 Å². The van der Waals surface area contributed by atoms with Crippen LogP contribution in [-0.4, -0.2) is 43.5 Å². The molecule has 3 nitrogen and oxygen atoms in total. The topological polar surface area (TPSA) is 42.3 Å². The van der Waals surface area contributed by atoms with Crippen LogP contribution in [0.3, 0.4) is 0 Å². The van der Waals surface area contributed by atoms with Gasteiger partial charge >= 0.3 is 25.8 Å². The van der Waals surface area contributed by atoms with Crippen molar-refractivity contribution in [2.75, 3.05) is 35.2 Å². The van der Waals surface area contributed by atoms with Gasteiger partial charge in [0.25, 0.3) is 0 Å². The normalized spacial score (nSPS) is 20.4. The molecule has 5 heteroatoms. The number of hydrogen-bond acceptors (Lipinski definition) is 0. The van der Waals surface area contributed by atoms with E-state index in [1.54, 1.807) is 28.2 Å². The summed E-state index contributed by atoms with van der Waals surface area (Å²) in [6.45, 7) is 7.19. The van der Waals surface area contributed by atoms with Gasteiger partial charge in [-0.3, -0.25) is 0 Å². The van der Waals surface area contributed by atoms with Gasteiger partial charge in [0.2, 0.25) is 0 Å². The molecule has 1 aliphatic carbocycles. The van der Waals surface area contributed by atoms with E-state index in [0.29, 0.717) is 0 Å². The second kappa shape index (κ2) is 18.0. The summed E-state index contributed by atoms with van der Waals surface area (Å²) in [7, 11) is 7.85. The van der Waals surface area contributed by atoms with E-state index in [1.165, 1.54) is 25.3 Å². The first-order chi connectivity index (χ1) is 8.38. The van der Waals surface area contributed by atoms with E-state index in [1.807, 2.05) is 7.05 Å². The Balaban J connectivity index is -0.000000139. The number of rotatable bonds is 3. The van der Waals surface area contributed by atoms with Gasteiger partial charge in [-0.1, -0.05) is 53.6 Å². The van der Waals surface area contributed by atoms with Gasteiger partial charge in [0.1, 0.15) is 0 Å². The summed E-state index contributed by atoms with van der Waals surface area (Å²) < 4.78 is 0. The van der Waals surface area contributed by atoms with Crippen LogP contribution < -0.4 is 0 Å². The summed E-state index contributed by atoms with van der Waals surface area (Å²) >= 11 is 0. The number of nitrogens with zero attached hydrogens (tertiary/aromatic N) is 3. The van der Waals surface area contributed by atoms with Gasteiger partial charge in [-0.05, 0) is 11.8 Å². The molecule has 0 aromatic heterocycles. The molecule has 1 rings (SSSR count). The molecule has 1 aliphatic rings. The van der Waals surface area contributed by atoms with Crippen molar-refractivity contribution < 1.29 is 25.8 Å². The van der Waals surface area contributed by atoms with Crippen LogP contribution in [0.4, 0.5) is 0 Å². The monoisotopic (exact) mass is 467 g/mol. The van der Waals surface area contributed by atoms with Crippen molar-refractivity contribution in [2.24, 2.45) is 11.8 Å². The van der Waals surface area contributed by atoms with Crippen LogP contribution in [0.1, 0.15) is 26.2 Å². The van der Waals surface area contributed by atoms with E-state index in [-0.39, 0.29) is 33.3 Å². The molecule has 0 heterocycles. The van der Waals surface area contributed by atoms with Crippen molar-refractivity contribution in [2.45, 2.75) is 45.3 Å². The van der Waals surface area contributed by atoms with E-state index >= 15 is 0 Å². The average Bonchev–Trinajstić information content (AvgIpc) is 2.66. The van der Waals surface area contributed by atoms with Crippen molar-refractivity contribution >= 4 is 8.24 Å². The van der Waals surface area contributed by atoms with E-state index in [0.717, 1.165) is 11.8 Å². The molecule has 0 spiro atoms. The van der Waals surface area contributed by atoms with Gasteiger partial charge in [-0.25, -0.2) is 0 Å². The minimum atomic E-state index is -1.16. The van der Waals surface area contributed by atoms with Crippen molar-refractivity contribution in [3.8, 4) is 0 Å². The molecule has 0 saturated heterocycles. The first kappa shape index (κ1) is 29.0. The van der Waals surface area contributed by atoms with Crippen LogP contribution in [0.25, 0.3) is 15.6 Å². The molecule has 0 aromatic carbocycles. The molecule has 1 saturated carbocycles. The maximum absolute atomic E-state index is 4.56. The van der Waals surface area contributed by atoms with Gasteiger partial charge in [0.15, 0.2) is 0 Å². The molecule has 1 unspecified atom stereocenters. The fourth-order valence-corrected chi connectivity index (χ4v) is 4.33. The van der Waals surface area contributed by atoms with Gasteiger partial charge in [-0.15, -0.1) is 0 Å². The van der Waals surface area contributed by atoms with Gasteiger partial charge in [0, 0.05) is 0 Å². The SMILES string of the molecule is C[N-]C.C[N-]C.C[N-][Si](C)(C)CC1CCC[C@@H]1C.[CH3-].[Hf+4]. The molecule has 0 amide bonds. The fraction of sp³-hybridized carbons (Fsp3) is 0.933.